The van der Waals surface area contributed by atoms with Crippen LogP contribution in [0.25, 0.3) is 11.5 Å². The van der Waals surface area contributed by atoms with Gasteiger partial charge in [-0.2, -0.15) is 0 Å². The number of nitrogens with zero attached hydrogens (tertiary/aromatic N) is 2. The van der Waals surface area contributed by atoms with Gasteiger partial charge in [0.05, 0.1) is 6.04 Å². The first-order valence-corrected chi connectivity index (χ1v) is 6.24. The number of aryl methyl sites for hydroxylation is 2. The summed E-state index contributed by atoms with van der Waals surface area (Å²) in [5, 5.41) is 11.4. The predicted octanol–water partition coefficient (Wildman–Crippen LogP) is 3.02. The average molecular weight is 245 g/mol. The van der Waals surface area contributed by atoms with Gasteiger partial charge in [-0.05, 0) is 38.9 Å². The lowest BCUT2D eigenvalue weighted by Crippen LogP contribution is -2.15. The van der Waals surface area contributed by atoms with Crippen molar-refractivity contribution in [3.05, 3.63) is 35.2 Å². The highest BCUT2D eigenvalue weighted by atomic mass is 16.4. The molecule has 0 bridgehead atoms. The highest BCUT2D eigenvalue weighted by Crippen LogP contribution is 2.25. The molecule has 2 rings (SSSR count). The summed E-state index contributed by atoms with van der Waals surface area (Å²) in [7, 11) is 1.90. The Kier molecular flexibility index (Phi) is 3.77. The van der Waals surface area contributed by atoms with Crippen LogP contribution in [-0.2, 0) is 0 Å². The molecule has 0 saturated carbocycles. The minimum Gasteiger partial charge on any atom is -0.419 e. The lowest BCUT2D eigenvalue weighted by molar-refractivity contribution is 0.415. The van der Waals surface area contributed by atoms with Gasteiger partial charge in [0.25, 0.3) is 0 Å². The van der Waals surface area contributed by atoms with Gasteiger partial charge in [0.1, 0.15) is 0 Å². The molecule has 0 aliphatic carbocycles. The molecule has 0 spiro atoms. The summed E-state index contributed by atoms with van der Waals surface area (Å²) in [6.45, 7) is 6.19. The van der Waals surface area contributed by atoms with Crippen molar-refractivity contribution in [2.75, 3.05) is 7.05 Å². The van der Waals surface area contributed by atoms with E-state index in [1.54, 1.807) is 0 Å². The first-order chi connectivity index (χ1) is 8.65. The minimum absolute atomic E-state index is 0.122. The summed E-state index contributed by atoms with van der Waals surface area (Å²) < 4.78 is 5.76. The number of rotatable bonds is 4. The number of aromatic nitrogens is 2. The molecule has 18 heavy (non-hydrogen) atoms. The summed E-state index contributed by atoms with van der Waals surface area (Å²) >= 11 is 0. The molecule has 4 nitrogen and oxygen atoms in total. The fraction of sp³-hybridized carbons (Fsp3) is 0.429. The van der Waals surface area contributed by atoms with Crippen molar-refractivity contribution in [1.82, 2.24) is 15.5 Å². The van der Waals surface area contributed by atoms with Gasteiger partial charge in [-0.25, -0.2) is 0 Å². The van der Waals surface area contributed by atoms with E-state index in [4.69, 9.17) is 4.42 Å². The number of benzene rings is 1. The highest BCUT2D eigenvalue weighted by Gasteiger charge is 2.16. The molecule has 0 fully saturated rings. The number of nitrogens with one attached hydrogen (secondary N) is 1. The maximum absolute atomic E-state index is 5.76. The van der Waals surface area contributed by atoms with Crippen molar-refractivity contribution in [3.63, 3.8) is 0 Å². The lowest BCUT2D eigenvalue weighted by atomic mass is 10.1. The van der Waals surface area contributed by atoms with Crippen LogP contribution in [0.2, 0.25) is 0 Å². The lowest BCUT2D eigenvalue weighted by Gasteiger charge is -2.07. The minimum atomic E-state index is 0.122. The maximum Gasteiger partial charge on any atom is 0.248 e. The molecular weight excluding hydrogens is 226 g/mol. The summed E-state index contributed by atoms with van der Waals surface area (Å²) in [5.74, 6) is 1.25. The topological polar surface area (TPSA) is 51.0 Å². The molecule has 4 heteroatoms. The van der Waals surface area contributed by atoms with Crippen LogP contribution in [0, 0.1) is 13.8 Å². The van der Waals surface area contributed by atoms with Crippen LogP contribution in [-0.4, -0.2) is 17.2 Å². The zero-order chi connectivity index (χ0) is 13.1. The molecule has 0 radical (unpaired) electrons. The van der Waals surface area contributed by atoms with E-state index in [1.165, 1.54) is 5.56 Å². The van der Waals surface area contributed by atoms with Gasteiger partial charge in [-0.15, -0.1) is 10.2 Å². The summed E-state index contributed by atoms with van der Waals surface area (Å²) in [6.07, 6.45) is 0.922. The fourth-order valence-corrected chi connectivity index (χ4v) is 1.95. The van der Waals surface area contributed by atoms with Crippen LogP contribution >= 0.6 is 0 Å². The van der Waals surface area contributed by atoms with E-state index in [2.05, 4.69) is 47.6 Å². The van der Waals surface area contributed by atoms with E-state index in [0.717, 1.165) is 17.5 Å². The molecule has 0 aliphatic rings. The maximum atomic E-state index is 5.76. The van der Waals surface area contributed by atoms with E-state index in [9.17, 15) is 0 Å². The zero-order valence-corrected chi connectivity index (χ0v) is 11.3. The van der Waals surface area contributed by atoms with E-state index in [1.807, 2.05) is 14.0 Å². The second kappa shape index (κ2) is 5.31. The molecule has 0 amide bonds. The van der Waals surface area contributed by atoms with Gasteiger partial charge in [0.15, 0.2) is 0 Å². The van der Waals surface area contributed by atoms with Gasteiger partial charge >= 0.3 is 0 Å². The Morgan fingerprint density at radius 2 is 2.06 bits per heavy atom. The molecule has 1 aromatic heterocycles. The monoisotopic (exact) mass is 245 g/mol. The van der Waals surface area contributed by atoms with Crippen LogP contribution in [0.4, 0.5) is 0 Å². The second-order valence-corrected chi connectivity index (χ2v) is 4.51. The van der Waals surface area contributed by atoms with Gasteiger partial charge in [0.2, 0.25) is 11.8 Å². The molecule has 2 aromatic rings. The Morgan fingerprint density at radius 1 is 1.28 bits per heavy atom. The average Bonchev–Trinajstić information content (AvgIpc) is 2.83. The summed E-state index contributed by atoms with van der Waals surface area (Å²) in [6, 6.07) is 6.35. The molecule has 96 valence electrons. The molecule has 1 aromatic carbocycles. The van der Waals surface area contributed by atoms with E-state index < -0.39 is 0 Å². The summed E-state index contributed by atoms with van der Waals surface area (Å²) in [4.78, 5) is 0. The van der Waals surface area contributed by atoms with Gasteiger partial charge < -0.3 is 9.73 Å². The van der Waals surface area contributed by atoms with E-state index in [-0.39, 0.29) is 6.04 Å². The Morgan fingerprint density at radius 3 is 2.72 bits per heavy atom. The third-order valence-corrected chi connectivity index (χ3v) is 3.12. The zero-order valence-electron chi connectivity index (χ0n) is 11.3. The summed E-state index contributed by atoms with van der Waals surface area (Å²) in [5.41, 5.74) is 3.35. The third-order valence-electron chi connectivity index (χ3n) is 3.12. The van der Waals surface area contributed by atoms with Crippen LogP contribution in [0.5, 0.6) is 0 Å². The molecular formula is C14H19N3O. The first kappa shape index (κ1) is 12.8. The van der Waals surface area contributed by atoms with Crippen LogP contribution in [0.15, 0.2) is 22.6 Å². The quantitative estimate of drug-likeness (QED) is 0.899. The van der Waals surface area contributed by atoms with Crippen molar-refractivity contribution >= 4 is 0 Å². The second-order valence-electron chi connectivity index (χ2n) is 4.51. The van der Waals surface area contributed by atoms with Crippen molar-refractivity contribution in [2.45, 2.75) is 33.2 Å². The Labute approximate surface area is 107 Å². The molecule has 0 saturated heterocycles. The normalized spacial score (nSPS) is 12.7. The van der Waals surface area contributed by atoms with Crippen molar-refractivity contribution in [3.8, 4) is 11.5 Å². The smallest absolute Gasteiger partial charge is 0.248 e. The third kappa shape index (κ3) is 2.43. The van der Waals surface area contributed by atoms with E-state index >= 15 is 0 Å². The molecule has 1 atom stereocenters. The van der Waals surface area contributed by atoms with Crippen LogP contribution < -0.4 is 5.32 Å². The SMILES string of the molecule is CCC(NC)c1nnc(-c2cc(C)ccc2C)o1. The molecule has 1 heterocycles. The first-order valence-electron chi connectivity index (χ1n) is 6.24. The van der Waals surface area contributed by atoms with Gasteiger partial charge in [-0.3, -0.25) is 0 Å². The van der Waals surface area contributed by atoms with Crippen LogP contribution in [0.1, 0.15) is 36.4 Å². The Bertz CT molecular complexity index is 530. The highest BCUT2D eigenvalue weighted by molar-refractivity contribution is 5.59. The van der Waals surface area contributed by atoms with Crippen molar-refractivity contribution in [2.24, 2.45) is 0 Å². The Hall–Kier alpha value is -1.68. The van der Waals surface area contributed by atoms with Gasteiger partial charge in [-0.1, -0.05) is 24.6 Å². The molecule has 0 aliphatic heterocycles. The van der Waals surface area contributed by atoms with Gasteiger partial charge in [0, 0.05) is 5.56 Å². The van der Waals surface area contributed by atoms with Crippen LogP contribution in [0.3, 0.4) is 0 Å². The largest absolute Gasteiger partial charge is 0.419 e. The van der Waals surface area contributed by atoms with E-state index in [0.29, 0.717) is 11.8 Å². The molecule has 1 unspecified atom stereocenters. The van der Waals surface area contributed by atoms with Crippen molar-refractivity contribution in [1.29, 1.82) is 0 Å². The fourth-order valence-electron chi connectivity index (χ4n) is 1.95. The standard InChI is InChI=1S/C14H19N3O/c1-5-12(15-4)14-17-16-13(18-14)11-8-9(2)6-7-10(11)3/h6-8,12,15H,5H2,1-4H3. The number of hydrogen-bond acceptors (Lipinski definition) is 4. The predicted molar refractivity (Wildman–Crippen MR) is 71.3 cm³/mol. The Balaban J connectivity index is 2.37. The number of hydrogen-bond donors (Lipinski definition) is 1. The molecule has 1 N–H and O–H groups in total. The van der Waals surface area contributed by atoms with Crippen molar-refractivity contribution < 1.29 is 4.42 Å².